The van der Waals surface area contributed by atoms with E-state index in [1.54, 1.807) is 12.4 Å². The number of carbonyl (C=O) groups excluding carboxylic acids is 1. The average Bonchev–Trinajstić information content (AvgIpc) is 2.55. The Kier molecular flexibility index (Phi) is 6.11. The number of aryl methyl sites for hydroxylation is 1. The zero-order chi connectivity index (χ0) is 16.7. The van der Waals surface area contributed by atoms with Crippen LogP contribution in [-0.4, -0.2) is 36.6 Å². The van der Waals surface area contributed by atoms with Gasteiger partial charge in [-0.15, -0.1) is 0 Å². The Labute approximate surface area is 137 Å². The minimum atomic E-state index is -0.173. The first kappa shape index (κ1) is 17.0. The molecule has 2 aromatic rings. The molecule has 1 aromatic heterocycles. The summed E-state index contributed by atoms with van der Waals surface area (Å²) in [4.78, 5) is 18.1. The van der Waals surface area contributed by atoms with Gasteiger partial charge in [0.2, 0.25) is 0 Å². The number of nitrogens with zero attached hydrogens (tertiary/aromatic N) is 2. The Balaban J connectivity index is 1.86. The SMILES string of the molecule is Cc1ccc([C@H](CNC(=O)NCc2cccnc2)N(C)C)cc1. The second-order valence-electron chi connectivity index (χ2n) is 5.81. The summed E-state index contributed by atoms with van der Waals surface area (Å²) < 4.78 is 0. The maximum atomic E-state index is 12.0. The van der Waals surface area contributed by atoms with Crippen LogP contribution in [0.2, 0.25) is 0 Å². The summed E-state index contributed by atoms with van der Waals surface area (Å²) in [6, 6.07) is 12.1. The number of aromatic nitrogens is 1. The first-order valence-electron chi connectivity index (χ1n) is 7.70. The van der Waals surface area contributed by atoms with E-state index < -0.39 is 0 Å². The third-order valence-electron chi connectivity index (χ3n) is 3.72. The van der Waals surface area contributed by atoms with Crippen LogP contribution in [0.1, 0.15) is 22.7 Å². The quantitative estimate of drug-likeness (QED) is 0.861. The monoisotopic (exact) mass is 312 g/mol. The number of rotatable bonds is 6. The number of benzene rings is 1. The Bertz CT molecular complexity index is 611. The fourth-order valence-electron chi connectivity index (χ4n) is 2.32. The molecule has 0 fully saturated rings. The predicted molar refractivity (Wildman–Crippen MR) is 92.1 cm³/mol. The largest absolute Gasteiger partial charge is 0.336 e. The van der Waals surface area contributed by atoms with Crippen LogP contribution in [-0.2, 0) is 6.54 Å². The number of nitrogens with one attached hydrogen (secondary N) is 2. The van der Waals surface area contributed by atoms with Crippen LogP contribution >= 0.6 is 0 Å². The van der Waals surface area contributed by atoms with E-state index in [2.05, 4.69) is 51.7 Å². The molecule has 0 aliphatic rings. The maximum Gasteiger partial charge on any atom is 0.315 e. The van der Waals surface area contributed by atoms with E-state index in [0.717, 1.165) is 5.56 Å². The number of likely N-dealkylation sites (N-methyl/N-ethyl adjacent to an activating group) is 1. The van der Waals surface area contributed by atoms with Gasteiger partial charge in [-0.2, -0.15) is 0 Å². The summed E-state index contributed by atoms with van der Waals surface area (Å²) in [6.45, 7) is 3.09. The van der Waals surface area contributed by atoms with Gasteiger partial charge in [0, 0.05) is 25.5 Å². The molecule has 5 nitrogen and oxygen atoms in total. The molecule has 2 amide bonds. The Hall–Kier alpha value is -2.40. The lowest BCUT2D eigenvalue weighted by atomic mass is 10.0. The molecular formula is C18H24N4O. The van der Waals surface area contributed by atoms with Crippen LogP contribution in [0.5, 0.6) is 0 Å². The fraction of sp³-hybridized carbons (Fsp3) is 0.333. The summed E-state index contributed by atoms with van der Waals surface area (Å²) in [6.07, 6.45) is 3.46. The molecule has 0 unspecified atom stereocenters. The minimum Gasteiger partial charge on any atom is -0.336 e. The molecule has 0 radical (unpaired) electrons. The molecule has 5 heteroatoms. The first-order chi connectivity index (χ1) is 11.1. The highest BCUT2D eigenvalue weighted by molar-refractivity contribution is 5.73. The molecule has 0 aliphatic heterocycles. The molecule has 0 spiro atoms. The number of carbonyl (C=O) groups is 1. The Morgan fingerprint density at radius 2 is 1.91 bits per heavy atom. The van der Waals surface area contributed by atoms with Gasteiger partial charge in [0.05, 0.1) is 6.04 Å². The number of urea groups is 1. The zero-order valence-corrected chi connectivity index (χ0v) is 13.9. The summed E-state index contributed by atoms with van der Waals surface area (Å²) >= 11 is 0. The molecule has 0 saturated heterocycles. The van der Waals surface area contributed by atoms with Crippen molar-refractivity contribution in [2.45, 2.75) is 19.5 Å². The van der Waals surface area contributed by atoms with E-state index in [-0.39, 0.29) is 12.1 Å². The van der Waals surface area contributed by atoms with Crippen molar-refractivity contribution in [3.63, 3.8) is 0 Å². The lowest BCUT2D eigenvalue weighted by Gasteiger charge is -2.25. The highest BCUT2D eigenvalue weighted by Crippen LogP contribution is 2.17. The molecule has 1 aromatic carbocycles. The van der Waals surface area contributed by atoms with Crippen LogP contribution in [0.15, 0.2) is 48.8 Å². The summed E-state index contributed by atoms with van der Waals surface area (Å²) in [5.74, 6) is 0. The third kappa shape index (κ3) is 5.38. The Morgan fingerprint density at radius 1 is 1.17 bits per heavy atom. The molecular weight excluding hydrogens is 288 g/mol. The maximum absolute atomic E-state index is 12.0. The van der Waals surface area contributed by atoms with Gasteiger partial charge in [-0.3, -0.25) is 4.98 Å². The average molecular weight is 312 g/mol. The molecule has 1 atom stereocenters. The van der Waals surface area contributed by atoms with Gasteiger partial charge >= 0.3 is 6.03 Å². The van der Waals surface area contributed by atoms with E-state index in [1.165, 1.54) is 11.1 Å². The molecule has 0 saturated carbocycles. The van der Waals surface area contributed by atoms with Crippen molar-refractivity contribution < 1.29 is 4.79 Å². The number of hydrogen-bond acceptors (Lipinski definition) is 3. The standard InChI is InChI=1S/C18H24N4O/c1-14-6-8-16(9-7-14)17(22(2)3)13-21-18(23)20-12-15-5-4-10-19-11-15/h4-11,17H,12-13H2,1-3H3,(H2,20,21,23)/t17-/m0/s1. The third-order valence-corrected chi connectivity index (χ3v) is 3.72. The smallest absolute Gasteiger partial charge is 0.315 e. The number of pyridine rings is 1. The minimum absolute atomic E-state index is 0.139. The molecule has 0 bridgehead atoms. The second-order valence-corrected chi connectivity index (χ2v) is 5.81. The van der Waals surface area contributed by atoms with Crippen LogP contribution in [0.3, 0.4) is 0 Å². The zero-order valence-electron chi connectivity index (χ0n) is 13.9. The topological polar surface area (TPSA) is 57.3 Å². The van der Waals surface area contributed by atoms with Crippen LogP contribution in [0.25, 0.3) is 0 Å². The predicted octanol–water partition coefficient (Wildman–Crippen LogP) is 2.49. The molecule has 2 N–H and O–H groups in total. The molecule has 122 valence electrons. The van der Waals surface area contributed by atoms with Gasteiger partial charge in [0.15, 0.2) is 0 Å². The van der Waals surface area contributed by atoms with Gasteiger partial charge in [-0.05, 0) is 38.2 Å². The van der Waals surface area contributed by atoms with E-state index in [9.17, 15) is 4.79 Å². The second kappa shape index (κ2) is 8.29. The highest BCUT2D eigenvalue weighted by Gasteiger charge is 2.15. The van der Waals surface area contributed by atoms with Crippen molar-refractivity contribution in [3.05, 3.63) is 65.5 Å². The van der Waals surface area contributed by atoms with Gasteiger partial charge in [-0.1, -0.05) is 35.9 Å². The van der Waals surface area contributed by atoms with Crippen molar-refractivity contribution in [1.29, 1.82) is 0 Å². The van der Waals surface area contributed by atoms with E-state index in [1.807, 2.05) is 26.2 Å². The highest BCUT2D eigenvalue weighted by atomic mass is 16.2. The Morgan fingerprint density at radius 3 is 2.52 bits per heavy atom. The van der Waals surface area contributed by atoms with Crippen LogP contribution in [0, 0.1) is 6.92 Å². The normalized spacial score (nSPS) is 12.0. The molecule has 1 heterocycles. The van der Waals surface area contributed by atoms with Gasteiger partial charge < -0.3 is 15.5 Å². The van der Waals surface area contributed by atoms with Crippen molar-refractivity contribution in [2.75, 3.05) is 20.6 Å². The van der Waals surface area contributed by atoms with Crippen molar-refractivity contribution in [1.82, 2.24) is 20.5 Å². The summed E-state index contributed by atoms with van der Waals surface area (Å²) in [5, 5.41) is 5.78. The number of amides is 2. The molecule has 2 rings (SSSR count). The van der Waals surface area contributed by atoms with E-state index >= 15 is 0 Å². The fourth-order valence-corrected chi connectivity index (χ4v) is 2.32. The summed E-state index contributed by atoms with van der Waals surface area (Å²) in [7, 11) is 4.03. The van der Waals surface area contributed by atoms with Gasteiger partial charge in [0.1, 0.15) is 0 Å². The van der Waals surface area contributed by atoms with Crippen molar-refractivity contribution in [2.24, 2.45) is 0 Å². The molecule has 0 aliphatic carbocycles. The van der Waals surface area contributed by atoms with Gasteiger partial charge in [0.25, 0.3) is 0 Å². The van der Waals surface area contributed by atoms with Crippen molar-refractivity contribution >= 4 is 6.03 Å². The molecule has 23 heavy (non-hydrogen) atoms. The van der Waals surface area contributed by atoms with Crippen molar-refractivity contribution in [3.8, 4) is 0 Å². The van der Waals surface area contributed by atoms with Gasteiger partial charge in [-0.25, -0.2) is 4.79 Å². The summed E-state index contributed by atoms with van der Waals surface area (Å²) in [5.41, 5.74) is 3.40. The lowest BCUT2D eigenvalue weighted by molar-refractivity contribution is 0.232. The lowest BCUT2D eigenvalue weighted by Crippen LogP contribution is -2.40. The number of hydrogen-bond donors (Lipinski definition) is 2. The van der Waals surface area contributed by atoms with E-state index in [0.29, 0.717) is 13.1 Å². The van der Waals surface area contributed by atoms with E-state index in [4.69, 9.17) is 0 Å². The van der Waals surface area contributed by atoms with Crippen LogP contribution in [0.4, 0.5) is 4.79 Å². The van der Waals surface area contributed by atoms with Crippen LogP contribution < -0.4 is 10.6 Å². The first-order valence-corrected chi connectivity index (χ1v) is 7.70.